The second kappa shape index (κ2) is 18.9. The highest BCUT2D eigenvalue weighted by atomic mass is 16.6. The first-order valence-electron chi connectivity index (χ1n) is 17.3. The number of amides is 2. The van der Waals surface area contributed by atoms with Crippen LogP contribution in [0, 0.1) is 10.1 Å². The average molecular weight is 759 g/mol. The summed E-state index contributed by atoms with van der Waals surface area (Å²) in [5.74, 6) is 0. The highest BCUT2D eigenvalue weighted by molar-refractivity contribution is 5.85. The lowest BCUT2D eigenvalue weighted by Gasteiger charge is -2.10. The van der Waals surface area contributed by atoms with Crippen LogP contribution in [0.4, 0.5) is 32.3 Å². The average Bonchev–Trinajstić information content (AvgIpc) is 3.17. The van der Waals surface area contributed by atoms with Crippen LogP contribution >= 0.6 is 0 Å². The van der Waals surface area contributed by atoms with Crippen LogP contribution in [0.25, 0.3) is 22.5 Å². The smallest absolute Gasteiger partial charge is 0.411 e. The normalized spacial score (nSPS) is 10.4. The van der Waals surface area contributed by atoms with Gasteiger partial charge in [-0.2, -0.15) is 10.2 Å². The van der Waals surface area contributed by atoms with E-state index >= 15 is 0 Å². The lowest BCUT2D eigenvalue weighted by molar-refractivity contribution is -0.384. The summed E-state index contributed by atoms with van der Waals surface area (Å²) in [5.41, 5.74) is 11.0. The fraction of sp³-hybridized carbons (Fsp3) is 0.150. The third kappa shape index (κ3) is 11.2. The molecular formula is C40H38N8O8. The molecule has 0 aliphatic heterocycles. The summed E-state index contributed by atoms with van der Waals surface area (Å²) >= 11 is 0. The summed E-state index contributed by atoms with van der Waals surface area (Å²) in [4.78, 5) is 58.1. The molecule has 56 heavy (non-hydrogen) atoms. The van der Waals surface area contributed by atoms with Crippen LogP contribution in [-0.2, 0) is 22.6 Å². The molecule has 286 valence electrons. The van der Waals surface area contributed by atoms with Crippen LogP contribution in [0.1, 0.15) is 25.0 Å². The molecule has 6 aromatic rings. The number of nitrogen functional groups attached to an aromatic ring is 1. The number of nitro groups is 1. The lowest BCUT2D eigenvalue weighted by Crippen LogP contribution is -2.23. The van der Waals surface area contributed by atoms with Crippen molar-refractivity contribution in [1.29, 1.82) is 0 Å². The first-order chi connectivity index (χ1) is 27.0. The monoisotopic (exact) mass is 758 g/mol. The van der Waals surface area contributed by atoms with E-state index in [1.54, 1.807) is 86.6 Å². The van der Waals surface area contributed by atoms with Crippen molar-refractivity contribution >= 4 is 34.9 Å². The second-order valence-electron chi connectivity index (χ2n) is 12.0. The zero-order valence-electron chi connectivity index (χ0n) is 30.5. The number of rotatable bonds is 11. The maximum absolute atomic E-state index is 12.2. The van der Waals surface area contributed by atoms with Crippen molar-refractivity contribution < 1.29 is 24.0 Å². The van der Waals surface area contributed by atoms with Crippen LogP contribution < -0.4 is 27.5 Å². The van der Waals surface area contributed by atoms with Crippen LogP contribution in [0.2, 0.25) is 0 Å². The zero-order chi connectivity index (χ0) is 40.0. The van der Waals surface area contributed by atoms with Crippen molar-refractivity contribution in [2.75, 3.05) is 29.6 Å². The zero-order valence-corrected chi connectivity index (χ0v) is 30.5. The number of ether oxygens (including phenoxy) is 2. The standard InChI is InChI=1S/C20H18N4O5.C20H20N4O3/c1-2-29-20(26)21-16-7-3-5-14(11-16)13-23-19(25)10-9-18(22-23)15-6-4-8-17(12-15)24(27)28;1-2-27-20(26)22-17-8-3-5-14(11-17)13-24-19(25)10-9-18(23-24)15-6-4-7-16(21)12-15/h3-12H,2,13H2,1H3,(H,21,26);3-12H,2,13,21H2,1H3,(H,22,26). The first kappa shape index (κ1) is 39.6. The van der Waals surface area contributed by atoms with Crippen molar-refractivity contribution in [2.45, 2.75) is 26.9 Å². The van der Waals surface area contributed by atoms with Crippen molar-refractivity contribution in [3.63, 3.8) is 0 Å². The Bertz CT molecular complexity index is 2460. The predicted molar refractivity (Wildman–Crippen MR) is 211 cm³/mol. The van der Waals surface area contributed by atoms with Gasteiger partial charge >= 0.3 is 12.2 Å². The van der Waals surface area contributed by atoms with E-state index in [1.165, 1.54) is 39.7 Å². The Morgan fingerprint density at radius 2 is 1.12 bits per heavy atom. The van der Waals surface area contributed by atoms with Gasteiger partial charge in [0.1, 0.15) is 0 Å². The Morgan fingerprint density at radius 1 is 0.661 bits per heavy atom. The highest BCUT2D eigenvalue weighted by Crippen LogP contribution is 2.22. The van der Waals surface area contributed by atoms with E-state index in [0.717, 1.165) is 16.7 Å². The van der Waals surface area contributed by atoms with Crippen LogP contribution in [-0.4, -0.2) is 49.9 Å². The predicted octanol–water partition coefficient (Wildman–Crippen LogP) is 6.54. The fourth-order valence-electron chi connectivity index (χ4n) is 5.32. The van der Waals surface area contributed by atoms with Gasteiger partial charge in [0.05, 0.1) is 42.6 Å². The largest absolute Gasteiger partial charge is 0.450 e. The number of carbonyl (C=O) groups is 2. The summed E-state index contributed by atoms with van der Waals surface area (Å²) in [6.45, 7) is 4.44. The Kier molecular flexibility index (Phi) is 13.4. The van der Waals surface area contributed by atoms with Gasteiger partial charge in [-0.3, -0.25) is 30.3 Å². The van der Waals surface area contributed by atoms with Crippen LogP contribution in [0.15, 0.2) is 131 Å². The molecule has 16 heteroatoms. The van der Waals surface area contributed by atoms with Gasteiger partial charge in [0.25, 0.3) is 16.8 Å². The number of hydrogen-bond donors (Lipinski definition) is 3. The Hall–Kier alpha value is -7.62. The van der Waals surface area contributed by atoms with Crippen molar-refractivity contribution in [2.24, 2.45) is 0 Å². The molecule has 0 atom stereocenters. The van der Waals surface area contributed by atoms with E-state index < -0.39 is 17.1 Å². The summed E-state index contributed by atoms with van der Waals surface area (Å²) in [5, 5.41) is 25.0. The van der Waals surface area contributed by atoms with Gasteiger partial charge in [-0.1, -0.05) is 48.5 Å². The number of aromatic nitrogens is 4. The molecule has 0 saturated carbocycles. The molecule has 0 spiro atoms. The van der Waals surface area contributed by atoms with E-state index in [2.05, 4.69) is 20.8 Å². The molecular weight excluding hydrogens is 720 g/mol. The molecule has 0 radical (unpaired) electrons. The summed E-state index contributed by atoms with van der Waals surface area (Å²) in [6, 6.07) is 33.5. The number of carbonyl (C=O) groups excluding carboxylic acids is 2. The van der Waals surface area contributed by atoms with Crippen LogP contribution in [0.5, 0.6) is 0 Å². The minimum Gasteiger partial charge on any atom is -0.450 e. The van der Waals surface area contributed by atoms with E-state index in [1.807, 2.05) is 18.2 Å². The molecule has 0 aliphatic carbocycles. The number of non-ortho nitro benzene ring substituents is 1. The molecule has 2 amide bonds. The van der Waals surface area contributed by atoms with Gasteiger partial charge in [-0.15, -0.1) is 0 Å². The lowest BCUT2D eigenvalue weighted by atomic mass is 10.1. The summed E-state index contributed by atoms with van der Waals surface area (Å²) in [6.07, 6.45) is -1.08. The molecule has 0 fully saturated rings. The first-order valence-corrected chi connectivity index (χ1v) is 17.3. The molecule has 0 saturated heterocycles. The van der Waals surface area contributed by atoms with Gasteiger partial charge in [0.2, 0.25) is 0 Å². The van der Waals surface area contributed by atoms with E-state index in [0.29, 0.717) is 40.6 Å². The summed E-state index contributed by atoms with van der Waals surface area (Å²) < 4.78 is 12.4. The minimum atomic E-state index is -0.562. The molecule has 0 aliphatic rings. The molecule has 16 nitrogen and oxygen atoms in total. The number of hydrogen-bond acceptors (Lipinski definition) is 11. The third-order valence-corrected chi connectivity index (χ3v) is 7.83. The fourth-order valence-corrected chi connectivity index (χ4v) is 5.32. The van der Waals surface area contributed by atoms with Gasteiger partial charge < -0.3 is 15.2 Å². The van der Waals surface area contributed by atoms with Crippen molar-refractivity contribution in [3.05, 3.63) is 163 Å². The molecule has 2 heterocycles. The summed E-state index contributed by atoms with van der Waals surface area (Å²) in [7, 11) is 0. The number of anilines is 3. The van der Waals surface area contributed by atoms with E-state index in [4.69, 9.17) is 15.2 Å². The van der Waals surface area contributed by atoms with Crippen LogP contribution in [0.3, 0.4) is 0 Å². The third-order valence-electron chi connectivity index (χ3n) is 7.83. The Morgan fingerprint density at radius 3 is 1.59 bits per heavy atom. The van der Waals surface area contributed by atoms with Crippen molar-refractivity contribution in [1.82, 2.24) is 19.6 Å². The Labute approximate surface area is 320 Å². The maximum atomic E-state index is 12.2. The number of nitro benzene ring substituents is 1. The molecule has 2 aromatic heterocycles. The van der Waals surface area contributed by atoms with Gasteiger partial charge in [0, 0.05) is 52.5 Å². The maximum Gasteiger partial charge on any atom is 0.411 e. The van der Waals surface area contributed by atoms with Gasteiger partial charge in [-0.05, 0) is 73.5 Å². The topological polar surface area (TPSA) is 216 Å². The number of nitrogens with two attached hydrogens (primary N) is 1. The minimum absolute atomic E-state index is 0.0557. The van der Waals surface area contributed by atoms with E-state index in [9.17, 15) is 29.3 Å². The van der Waals surface area contributed by atoms with Crippen molar-refractivity contribution in [3.8, 4) is 22.5 Å². The number of benzene rings is 4. The van der Waals surface area contributed by atoms with Gasteiger partial charge in [-0.25, -0.2) is 19.0 Å². The molecule has 0 bridgehead atoms. The number of nitrogens with one attached hydrogen (secondary N) is 2. The molecule has 4 N–H and O–H groups in total. The molecule has 4 aromatic carbocycles. The number of nitrogens with zero attached hydrogens (tertiary/aromatic N) is 5. The Balaban J connectivity index is 0.000000215. The SMILES string of the molecule is CCOC(=O)Nc1cccc(Cn2nc(-c3cccc(N)c3)ccc2=O)c1.CCOC(=O)Nc1cccc(Cn2nc(-c3cccc([N+](=O)[O-])c3)ccc2=O)c1. The quantitative estimate of drug-likeness (QED) is 0.0732. The molecule has 0 unspecified atom stereocenters. The highest BCUT2D eigenvalue weighted by Gasteiger charge is 2.11. The molecule has 6 rings (SSSR count). The second-order valence-corrected chi connectivity index (χ2v) is 12.0. The van der Waals surface area contributed by atoms with Gasteiger partial charge in [0.15, 0.2) is 0 Å². The van der Waals surface area contributed by atoms with E-state index in [-0.39, 0.29) is 36.5 Å².